The lowest BCUT2D eigenvalue weighted by molar-refractivity contribution is 0.673. The fourth-order valence-electron chi connectivity index (χ4n) is 8.55. The summed E-state index contributed by atoms with van der Waals surface area (Å²) in [6.45, 7) is 0. The highest BCUT2D eigenvalue weighted by molar-refractivity contribution is 6.21. The Morgan fingerprint density at radius 3 is 1.77 bits per heavy atom. The second kappa shape index (κ2) is 11.9. The largest absolute Gasteiger partial charge is 0.455 e. The fourth-order valence-corrected chi connectivity index (χ4v) is 8.55. The zero-order valence-electron chi connectivity index (χ0n) is 30.0. The number of fused-ring (bicyclic) bond motifs is 10. The van der Waals surface area contributed by atoms with Crippen LogP contribution in [0.25, 0.3) is 116 Å². The van der Waals surface area contributed by atoms with E-state index in [0.29, 0.717) is 17.5 Å². The zero-order chi connectivity index (χ0) is 36.7. The van der Waals surface area contributed by atoms with Crippen molar-refractivity contribution in [3.63, 3.8) is 0 Å². The molecule has 5 heteroatoms. The van der Waals surface area contributed by atoms with E-state index in [9.17, 15) is 0 Å². The van der Waals surface area contributed by atoms with E-state index in [1.165, 1.54) is 32.4 Å². The van der Waals surface area contributed by atoms with E-state index in [0.717, 1.165) is 66.0 Å². The summed E-state index contributed by atoms with van der Waals surface area (Å²) in [5, 5.41) is 11.4. The third-order valence-electron chi connectivity index (χ3n) is 11.2. The second-order valence-corrected chi connectivity index (χ2v) is 14.4. The van der Waals surface area contributed by atoms with Gasteiger partial charge in [-0.2, -0.15) is 0 Å². The Morgan fingerprint density at radius 2 is 0.946 bits per heavy atom. The minimum atomic E-state index is 0.561. The van der Waals surface area contributed by atoms with Crippen molar-refractivity contribution in [1.82, 2.24) is 19.5 Å². The topological polar surface area (TPSA) is 56.7 Å². The van der Waals surface area contributed by atoms with Crippen LogP contribution >= 0.6 is 0 Å². The maximum absolute atomic E-state index is 7.00. The van der Waals surface area contributed by atoms with Crippen LogP contribution in [0.2, 0.25) is 0 Å². The molecule has 0 aliphatic heterocycles. The summed E-state index contributed by atoms with van der Waals surface area (Å²) in [6.07, 6.45) is 0. The third-order valence-corrected chi connectivity index (χ3v) is 11.2. The van der Waals surface area contributed by atoms with Crippen LogP contribution in [-0.2, 0) is 0 Å². The number of benzene rings is 9. The van der Waals surface area contributed by atoms with Gasteiger partial charge in [-0.3, -0.25) is 0 Å². The molecule has 0 aliphatic carbocycles. The number of aromatic nitrogens is 4. The van der Waals surface area contributed by atoms with E-state index in [-0.39, 0.29) is 0 Å². The van der Waals surface area contributed by atoms with E-state index < -0.39 is 0 Å². The summed E-state index contributed by atoms with van der Waals surface area (Å²) in [7, 11) is 0. The third kappa shape index (κ3) is 4.64. The van der Waals surface area contributed by atoms with Crippen LogP contribution in [0.1, 0.15) is 0 Å². The van der Waals surface area contributed by atoms with Crippen LogP contribution < -0.4 is 0 Å². The minimum absolute atomic E-state index is 0.561. The normalized spacial score (nSPS) is 11.9. The molecule has 0 N–H and O–H groups in total. The van der Waals surface area contributed by atoms with E-state index in [1.54, 1.807) is 0 Å². The molecule has 0 saturated carbocycles. The molecule has 3 aromatic heterocycles. The first-order valence-electron chi connectivity index (χ1n) is 18.9. The van der Waals surface area contributed by atoms with Crippen molar-refractivity contribution in [1.29, 1.82) is 0 Å². The molecule has 0 unspecified atom stereocenters. The van der Waals surface area contributed by atoms with Gasteiger partial charge in [0.1, 0.15) is 11.2 Å². The van der Waals surface area contributed by atoms with E-state index in [4.69, 9.17) is 19.4 Å². The first kappa shape index (κ1) is 30.8. The van der Waals surface area contributed by atoms with Crippen molar-refractivity contribution in [2.45, 2.75) is 0 Å². The number of rotatable bonds is 4. The number of hydrogen-bond acceptors (Lipinski definition) is 4. The van der Waals surface area contributed by atoms with Gasteiger partial charge in [-0.05, 0) is 57.9 Å². The molecule has 0 saturated heterocycles. The van der Waals surface area contributed by atoms with Gasteiger partial charge in [-0.1, -0.05) is 146 Å². The molecule has 3 heterocycles. The molecule has 9 aromatic carbocycles. The van der Waals surface area contributed by atoms with Gasteiger partial charge in [0.15, 0.2) is 17.5 Å². The summed E-state index contributed by atoms with van der Waals surface area (Å²) in [5.74, 6) is 1.78. The Kier molecular flexibility index (Phi) is 6.56. The van der Waals surface area contributed by atoms with Crippen molar-refractivity contribution in [3.8, 4) is 39.9 Å². The SMILES string of the molecule is c1ccc(-c2nc(-c3ccc4ccccc4c3)nc(-c3cccc4c3oc3c5ccccc5c(-n5c6ccccc6c6cc7ccccc7cc65)cc43)n2)cc1. The second-order valence-electron chi connectivity index (χ2n) is 14.4. The van der Waals surface area contributed by atoms with Gasteiger partial charge < -0.3 is 8.98 Å². The first-order valence-corrected chi connectivity index (χ1v) is 18.9. The molecule has 0 fully saturated rings. The average molecular weight is 715 g/mol. The van der Waals surface area contributed by atoms with Crippen LogP contribution in [0.4, 0.5) is 0 Å². The molecular weight excluding hydrogens is 685 g/mol. The smallest absolute Gasteiger partial charge is 0.167 e. The van der Waals surface area contributed by atoms with Crippen LogP contribution in [-0.4, -0.2) is 19.5 Å². The summed E-state index contributed by atoms with van der Waals surface area (Å²) in [5.41, 5.74) is 7.68. The summed E-state index contributed by atoms with van der Waals surface area (Å²) in [6, 6.07) is 63.9. The van der Waals surface area contributed by atoms with Gasteiger partial charge in [0.25, 0.3) is 0 Å². The quantitative estimate of drug-likeness (QED) is 0.182. The standard InChI is InChI=1S/C51H30N4O/c1-2-14-32(15-3-1)49-52-50(36-26-25-31-13-4-5-16-33(31)27-36)54-51(53-49)41-23-12-22-40-43-30-46(37-19-8-9-21-39(37)48(43)56-47(40)41)55-44-24-11-10-20-38(44)42-28-34-17-6-7-18-35(34)29-45(42)55/h1-30H. The van der Waals surface area contributed by atoms with Crippen molar-refractivity contribution in [3.05, 3.63) is 182 Å². The first-order chi connectivity index (χ1) is 27.7. The summed E-state index contributed by atoms with van der Waals surface area (Å²) < 4.78 is 9.42. The van der Waals surface area contributed by atoms with Crippen molar-refractivity contribution < 1.29 is 4.42 Å². The lowest BCUT2D eigenvalue weighted by Gasteiger charge is -2.13. The van der Waals surface area contributed by atoms with Crippen molar-refractivity contribution in [2.75, 3.05) is 0 Å². The van der Waals surface area contributed by atoms with Crippen LogP contribution in [0.15, 0.2) is 186 Å². The molecule has 0 atom stereocenters. The highest BCUT2D eigenvalue weighted by Crippen LogP contribution is 2.43. The molecule has 0 spiro atoms. The van der Waals surface area contributed by atoms with E-state index in [2.05, 4.69) is 156 Å². The van der Waals surface area contributed by atoms with E-state index >= 15 is 0 Å². The molecule has 0 radical (unpaired) electrons. The Bertz CT molecular complexity index is 3540. The Balaban J connectivity index is 1.13. The molecule has 0 bridgehead atoms. The molecule has 56 heavy (non-hydrogen) atoms. The predicted octanol–water partition coefficient (Wildman–Crippen LogP) is 13.3. The average Bonchev–Trinajstić information content (AvgIpc) is 3.80. The van der Waals surface area contributed by atoms with Crippen LogP contribution in [0, 0.1) is 0 Å². The highest BCUT2D eigenvalue weighted by atomic mass is 16.3. The van der Waals surface area contributed by atoms with Gasteiger partial charge in [0, 0.05) is 43.4 Å². The van der Waals surface area contributed by atoms with Gasteiger partial charge in [-0.15, -0.1) is 0 Å². The maximum atomic E-state index is 7.00. The molecule has 260 valence electrons. The van der Waals surface area contributed by atoms with Crippen LogP contribution in [0.3, 0.4) is 0 Å². The Labute approximate surface area is 320 Å². The van der Waals surface area contributed by atoms with Crippen molar-refractivity contribution in [2.24, 2.45) is 0 Å². The molecule has 5 nitrogen and oxygen atoms in total. The molecular formula is C51H30N4O. The fraction of sp³-hybridized carbons (Fsp3) is 0. The summed E-state index contributed by atoms with van der Waals surface area (Å²) >= 11 is 0. The zero-order valence-corrected chi connectivity index (χ0v) is 30.0. The number of hydrogen-bond donors (Lipinski definition) is 0. The predicted molar refractivity (Wildman–Crippen MR) is 230 cm³/mol. The van der Waals surface area contributed by atoms with Crippen molar-refractivity contribution >= 4 is 76.1 Å². The van der Waals surface area contributed by atoms with E-state index in [1.807, 2.05) is 30.3 Å². The summed E-state index contributed by atoms with van der Waals surface area (Å²) in [4.78, 5) is 15.3. The molecule has 12 aromatic rings. The Morgan fingerprint density at radius 1 is 0.339 bits per heavy atom. The van der Waals surface area contributed by atoms with Gasteiger partial charge >= 0.3 is 0 Å². The molecule has 0 amide bonds. The minimum Gasteiger partial charge on any atom is -0.455 e. The van der Waals surface area contributed by atoms with Gasteiger partial charge in [0.05, 0.1) is 22.3 Å². The molecule has 0 aliphatic rings. The van der Waals surface area contributed by atoms with Gasteiger partial charge in [0.2, 0.25) is 0 Å². The maximum Gasteiger partial charge on any atom is 0.167 e. The number of nitrogens with zero attached hydrogens (tertiary/aromatic N) is 4. The monoisotopic (exact) mass is 714 g/mol. The van der Waals surface area contributed by atoms with Gasteiger partial charge in [-0.25, -0.2) is 15.0 Å². The highest BCUT2D eigenvalue weighted by Gasteiger charge is 2.22. The Hall–Kier alpha value is -7.63. The number of furan rings is 1. The lowest BCUT2D eigenvalue weighted by Crippen LogP contribution is -2.00. The van der Waals surface area contributed by atoms with Crippen LogP contribution in [0.5, 0.6) is 0 Å². The lowest BCUT2D eigenvalue weighted by atomic mass is 10.0. The molecule has 12 rings (SSSR count). The number of para-hydroxylation sites is 2.